The first kappa shape index (κ1) is 22.5. The van der Waals surface area contributed by atoms with Crippen LogP contribution in [0, 0.1) is 17.6 Å². The lowest BCUT2D eigenvalue weighted by Gasteiger charge is -2.37. The molecule has 1 aromatic heterocycles. The van der Waals surface area contributed by atoms with Crippen LogP contribution in [-0.4, -0.2) is 39.8 Å². The minimum absolute atomic E-state index is 0.135. The van der Waals surface area contributed by atoms with Crippen molar-refractivity contribution >= 4 is 39.9 Å². The van der Waals surface area contributed by atoms with Gasteiger partial charge in [0.25, 0.3) is 0 Å². The van der Waals surface area contributed by atoms with Gasteiger partial charge in [-0.1, -0.05) is 24.2 Å². The zero-order valence-corrected chi connectivity index (χ0v) is 18.1. The van der Waals surface area contributed by atoms with Crippen molar-refractivity contribution in [2.24, 2.45) is 5.92 Å². The number of rotatable bonds is 4. The Morgan fingerprint density at radius 3 is 2.75 bits per heavy atom. The molecule has 2 aromatic carbocycles. The number of nitrogens with zero attached hydrogens (tertiary/aromatic N) is 2. The van der Waals surface area contributed by atoms with Crippen molar-refractivity contribution in [1.82, 2.24) is 9.27 Å². The average molecular weight is 485 g/mol. The number of fused-ring (bicyclic) bond motifs is 1. The molecular weight excluding hydrogens is 468 g/mol. The first-order valence-electron chi connectivity index (χ1n) is 9.69. The monoisotopic (exact) mass is 484 g/mol. The number of aromatic hydroxyl groups is 1. The number of phenolic OH excluding ortho intramolecular Hbond substituents is 1. The number of phenols is 1. The third kappa shape index (κ3) is 3.73. The topological polar surface area (TPSA) is 53.4 Å². The molecule has 1 unspecified atom stereocenters. The summed E-state index contributed by atoms with van der Waals surface area (Å²) in [4.78, 5) is 13.6. The molecule has 1 N–H and O–H groups in total. The van der Waals surface area contributed by atoms with Crippen LogP contribution in [0.1, 0.15) is 17.2 Å². The Morgan fingerprint density at radius 2 is 2.09 bits per heavy atom. The molecule has 2 atom stereocenters. The summed E-state index contributed by atoms with van der Waals surface area (Å²) in [6.45, 7) is 3.48. The van der Waals surface area contributed by atoms with Gasteiger partial charge in [-0.3, -0.25) is 4.79 Å². The molecule has 32 heavy (non-hydrogen) atoms. The van der Waals surface area contributed by atoms with Crippen LogP contribution >= 0.6 is 23.1 Å². The zero-order valence-electron chi connectivity index (χ0n) is 16.5. The van der Waals surface area contributed by atoms with Crippen molar-refractivity contribution in [2.75, 3.05) is 13.1 Å². The largest absolute Gasteiger partial charge is 0.507 e. The van der Waals surface area contributed by atoms with Gasteiger partial charge in [0.05, 0.1) is 10.6 Å². The Labute approximate surface area is 189 Å². The molecule has 1 aliphatic rings. The summed E-state index contributed by atoms with van der Waals surface area (Å²) < 4.78 is 61.6. The van der Waals surface area contributed by atoms with Crippen LogP contribution in [0.3, 0.4) is 0 Å². The van der Waals surface area contributed by atoms with Crippen LogP contribution in [0.2, 0.25) is 5.02 Å². The lowest BCUT2D eigenvalue weighted by atomic mass is 9.83. The highest BCUT2D eigenvalue weighted by molar-refractivity contribution is 7.07. The number of piperidine rings is 1. The lowest BCUT2D eigenvalue weighted by molar-refractivity contribution is -0.129. The summed E-state index contributed by atoms with van der Waals surface area (Å²) in [6, 6.07) is 4.90. The predicted octanol–water partition coefficient (Wildman–Crippen LogP) is 5.98. The third-order valence-corrected chi connectivity index (χ3v) is 7.03. The number of likely N-dealkylation sites (tertiary alicyclic amines) is 1. The molecule has 0 radical (unpaired) electrons. The molecule has 4 nitrogen and oxygen atoms in total. The van der Waals surface area contributed by atoms with E-state index in [2.05, 4.69) is 11.0 Å². The molecule has 1 fully saturated rings. The van der Waals surface area contributed by atoms with E-state index in [0.29, 0.717) is 4.88 Å². The first-order chi connectivity index (χ1) is 15.2. The Balaban J connectivity index is 1.81. The molecule has 0 spiro atoms. The lowest BCUT2D eigenvalue weighted by Crippen LogP contribution is -2.44. The maximum atomic E-state index is 15.4. The summed E-state index contributed by atoms with van der Waals surface area (Å²) >= 11 is 7.16. The quantitative estimate of drug-likeness (QED) is 0.366. The Bertz CT molecular complexity index is 1200. The molecular formula is C22H17ClF4N2O2S. The SMILES string of the molecule is C=CC(=O)N1CCC(c2snc3c(F)c(-c4c(O)cccc4F)c(Cl)cc23)[C@H](C(F)F)C1. The number of carbonyl (C=O) groups excluding carboxylic acids is 1. The predicted molar refractivity (Wildman–Crippen MR) is 115 cm³/mol. The fourth-order valence-electron chi connectivity index (χ4n) is 4.18. The van der Waals surface area contributed by atoms with Crippen molar-refractivity contribution in [2.45, 2.75) is 18.8 Å². The molecule has 1 saturated heterocycles. The molecule has 1 amide bonds. The number of hydrogen-bond acceptors (Lipinski definition) is 4. The smallest absolute Gasteiger partial charge is 0.245 e. The molecule has 2 heterocycles. The van der Waals surface area contributed by atoms with E-state index in [1.807, 2.05) is 0 Å². The van der Waals surface area contributed by atoms with Gasteiger partial charge >= 0.3 is 0 Å². The fraction of sp³-hybridized carbons (Fsp3) is 0.273. The van der Waals surface area contributed by atoms with Crippen molar-refractivity contribution in [1.29, 1.82) is 0 Å². The summed E-state index contributed by atoms with van der Waals surface area (Å²) in [5, 5.41) is 10.1. The first-order valence-corrected chi connectivity index (χ1v) is 10.8. The Hall–Kier alpha value is -2.65. The van der Waals surface area contributed by atoms with Gasteiger partial charge in [-0.2, -0.15) is 4.37 Å². The average Bonchev–Trinajstić information content (AvgIpc) is 3.18. The van der Waals surface area contributed by atoms with Crippen LogP contribution in [0.5, 0.6) is 5.75 Å². The normalized spacial score (nSPS) is 19.0. The summed E-state index contributed by atoms with van der Waals surface area (Å²) in [6.07, 6.45) is -1.40. The second-order valence-electron chi connectivity index (χ2n) is 7.51. The van der Waals surface area contributed by atoms with Crippen LogP contribution in [-0.2, 0) is 4.79 Å². The molecule has 168 valence electrons. The molecule has 3 aromatic rings. The van der Waals surface area contributed by atoms with E-state index < -0.39 is 47.1 Å². The second-order valence-corrected chi connectivity index (χ2v) is 8.72. The number of hydrogen-bond donors (Lipinski definition) is 1. The minimum atomic E-state index is -2.72. The highest BCUT2D eigenvalue weighted by atomic mass is 35.5. The number of benzene rings is 2. The van der Waals surface area contributed by atoms with Crippen molar-refractivity contribution in [3.05, 3.63) is 58.5 Å². The second kappa shape index (κ2) is 8.71. The number of alkyl halides is 2. The van der Waals surface area contributed by atoms with Crippen molar-refractivity contribution < 1.29 is 27.5 Å². The molecule has 4 rings (SSSR count). The van der Waals surface area contributed by atoms with Gasteiger partial charge in [0.2, 0.25) is 12.3 Å². The summed E-state index contributed by atoms with van der Waals surface area (Å²) in [5.41, 5.74) is -0.874. The highest BCUT2D eigenvalue weighted by Gasteiger charge is 2.39. The van der Waals surface area contributed by atoms with Gasteiger partial charge in [-0.15, -0.1) is 0 Å². The van der Waals surface area contributed by atoms with E-state index >= 15 is 4.39 Å². The molecule has 10 heteroatoms. The van der Waals surface area contributed by atoms with Crippen LogP contribution < -0.4 is 0 Å². The van der Waals surface area contributed by atoms with Crippen LogP contribution in [0.15, 0.2) is 36.9 Å². The maximum Gasteiger partial charge on any atom is 0.245 e. The van der Waals surface area contributed by atoms with Gasteiger partial charge in [-0.25, -0.2) is 17.6 Å². The number of carbonyl (C=O) groups is 1. The molecule has 0 bridgehead atoms. The number of halogens is 5. The molecule has 0 saturated carbocycles. The molecule has 0 aliphatic carbocycles. The molecule has 1 aliphatic heterocycles. The highest BCUT2D eigenvalue weighted by Crippen LogP contribution is 2.46. The van der Waals surface area contributed by atoms with Gasteiger partial charge in [0.1, 0.15) is 17.1 Å². The van der Waals surface area contributed by atoms with Crippen molar-refractivity contribution in [3.8, 4) is 16.9 Å². The maximum absolute atomic E-state index is 15.4. The zero-order chi connectivity index (χ0) is 23.2. The van der Waals surface area contributed by atoms with E-state index in [1.54, 1.807) is 0 Å². The van der Waals surface area contributed by atoms with Gasteiger partial charge in [0.15, 0.2) is 5.82 Å². The van der Waals surface area contributed by atoms with E-state index in [-0.39, 0.29) is 41.0 Å². The summed E-state index contributed by atoms with van der Waals surface area (Å²) in [7, 11) is 0. The van der Waals surface area contributed by atoms with E-state index in [1.165, 1.54) is 23.1 Å². The number of aromatic nitrogens is 1. The van der Waals surface area contributed by atoms with Crippen molar-refractivity contribution in [3.63, 3.8) is 0 Å². The van der Waals surface area contributed by atoms with Crippen LogP contribution in [0.4, 0.5) is 17.6 Å². The van der Waals surface area contributed by atoms with Gasteiger partial charge < -0.3 is 10.0 Å². The van der Waals surface area contributed by atoms with Gasteiger partial charge in [-0.05, 0) is 42.2 Å². The van der Waals surface area contributed by atoms with E-state index in [0.717, 1.165) is 23.7 Å². The minimum Gasteiger partial charge on any atom is -0.507 e. The standard InChI is InChI=1S/C22H17ClF4N2O2S/c1-2-16(31)29-7-6-10(12(9-29)22(26)27)21-11-8-13(23)17(19(25)20(11)28-32-21)18-14(24)4-3-5-15(18)30/h2-5,8,10,12,22,30H,1,6-7,9H2/t10?,12-/m1/s1. The van der Waals surface area contributed by atoms with E-state index in [9.17, 15) is 23.1 Å². The third-order valence-electron chi connectivity index (χ3n) is 5.74. The Morgan fingerprint density at radius 1 is 1.34 bits per heavy atom. The van der Waals surface area contributed by atoms with E-state index in [4.69, 9.17) is 11.6 Å². The summed E-state index contributed by atoms with van der Waals surface area (Å²) in [5.74, 6) is -4.55. The fourth-order valence-corrected chi connectivity index (χ4v) is 5.52. The van der Waals surface area contributed by atoms with Gasteiger partial charge in [0, 0.05) is 40.8 Å². The van der Waals surface area contributed by atoms with Crippen LogP contribution in [0.25, 0.3) is 22.0 Å². The number of amides is 1. The Kier molecular flexibility index (Phi) is 6.13.